The van der Waals surface area contributed by atoms with Crippen molar-refractivity contribution in [1.29, 1.82) is 0 Å². The van der Waals surface area contributed by atoms with Gasteiger partial charge in [-0.3, -0.25) is 4.79 Å². The van der Waals surface area contributed by atoms with E-state index in [4.69, 9.17) is 4.74 Å². The molecule has 0 aliphatic heterocycles. The predicted octanol–water partition coefficient (Wildman–Crippen LogP) is 3.22. The van der Waals surface area contributed by atoms with Crippen LogP contribution >= 0.6 is 0 Å². The normalized spacial score (nSPS) is 10.3. The molecule has 22 heavy (non-hydrogen) atoms. The molecule has 2 rings (SSSR count). The van der Waals surface area contributed by atoms with Crippen molar-refractivity contribution < 1.29 is 18.3 Å². The molecule has 0 saturated carbocycles. The average molecular weight is 305 g/mol. The molecule has 0 spiro atoms. The van der Waals surface area contributed by atoms with Gasteiger partial charge in [-0.15, -0.1) is 0 Å². The largest absolute Gasteiger partial charge is 0.494 e. The Hall–Kier alpha value is -2.43. The molecule has 0 atom stereocenters. The fraction of sp³-hybridized carbons (Fsp3) is 0.235. The Morgan fingerprint density at radius 2 is 1.73 bits per heavy atom. The van der Waals surface area contributed by atoms with Crippen molar-refractivity contribution in [2.45, 2.75) is 19.9 Å². The maximum atomic E-state index is 13.1. The van der Waals surface area contributed by atoms with Crippen LogP contribution in [0.25, 0.3) is 0 Å². The van der Waals surface area contributed by atoms with Gasteiger partial charge in [0, 0.05) is 6.54 Å². The van der Waals surface area contributed by atoms with Crippen molar-refractivity contribution in [3.8, 4) is 5.75 Å². The summed E-state index contributed by atoms with van der Waals surface area (Å²) >= 11 is 0. The van der Waals surface area contributed by atoms with Gasteiger partial charge in [0.2, 0.25) is 5.91 Å². The predicted molar refractivity (Wildman–Crippen MR) is 79.5 cm³/mol. The van der Waals surface area contributed by atoms with Crippen LogP contribution in [0.15, 0.2) is 42.5 Å². The van der Waals surface area contributed by atoms with Gasteiger partial charge in [0.25, 0.3) is 0 Å². The van der Waals surface area contributed by atoms with E-state index in [1.54, 1.807) is 0 Å². The van der Waals surface area contributed by atoms with Crippen molar-refractivity contribution in [2.24, 2.45) is 0 Å². The highest BCUT2D eigenvalue weighted by atomic mass is 19.2. The zero-order valence-corrected chi connectivity index (χ0v) is 12.2. The number of rotatable bonds is 6. The first-order chi connectivity index (χ1) is 10.6. The van der Waals surface area contributed by atoms with Crippen molar-refractivity contribution in [3.63, 3.8) is 0 Å². The SMILES string of the molecule is CCOc1ccc(CC(=O)NCc2ccc(F)c(F)c2)cc1. The molecule has 3 nitrogen and oxygen atoms in total. The zero-order valence-electron chi connectivity index (χ0n) is 12.2. The van der Waals surface area contributed by atoms with E-state index in [2.05, 4.69) is 5.32 Å². The lowest BCUT2D eigenvalue weighted by atomic mass is 10.1. The molecule has 1 N–H and O–H groups in total. The van der Waals surface area contributed by atoms with Gasteiger partial charge < -0.3 is 10.1 Å². The number of amides is 1. The molecule has 0 unspecified atom stereocenters. The van der Waals surface area contributed by atoms with E-state index < -0.39 is 11.6 Å². The molecule has 2 aromatic carbocycles. The Morgan fingerprint density at radius 3 is 2.36 bits per heavy atom. The monoisotopic (exact) mass is 305 g/mol. The molecule has 0 heterocycles. The fourth-order valence-electron chi connectivity index (χ4n) is 1.97. The van der Waals surface area contributed by atoms with Gasteiger partial charge in [-0.25, -0.2) is 8.78 Å². The molecular formula is C17H17F2NO2. The summed E-state index contributed by atoms with van der Waals surface area (Å²) in [6.07, 6.45) is 0.218. The van der Waals surface area contributed by atoms with Crippen LogP contribution in [0, 0.1) is 11.6 Å². The average Bonchev–Trinajstić information content (AvgIpc) is 2.51. The summed E-state index contributed by atoms with van der Waals surface area (Å²) in [5.41, 5.74) is 1.37. The Morgan fingerprint density at radius 1 is 1.05 bits per heavy atom. The lowest BCUT2D eigenvalue weighted by Gasteiger charge is -2.07. The van der Waals surface area contributed by atoms with Crippen LogP contribution in [0.1, 0.15) is 18.1 Å². The van der Waals surface area contributed by atoms with Gasteiger partial charge >= 0.3 is 0 Å². The summed E-state index contributed by atoms with van der Waals surface area (Å²) in [6, 6.07) is 10.8. The van der Waals surface area contributed by atoms with Gasteiger partial charge in [0.05, 0.1) is 13.0 Å². The summed E-state index contributed by atoms with van der Waals surface area (Å²) < 4.78 is 31.2. The molecule has 5 heteroatoms. The van der Waals surface area contributed by atoms with E-state index in [1.165, 1.54) is 6.07 Å². The summed E-state index contributed by atoms with van der Waals surface area (Å²) in [5.74, 6) is -1.25. The maximum absolute atomic E-state index is 13.1. The molecule has 116 valence electrons. The fourth-order valence-corrected chi connectivity index (χ4v) is 1.97. The van der Waals surface area contributed by atoms with Crippen molar-refractivity contribution in [1.82, 2.24) is 5.32 Å². The van der Waals surface area contributed by atoms with Gasteiger partial charge in [-0.1, -0.05) is 18.2 Å². The van der Waals surface area contributed by atoms with E-state index in [9.17, 15) is 13.6 Å². The van der Waals surface area contributed by atoms with Crippen LogP contribution < -0.4 is 10.1 Å². The first-order valence-corrected chi connectivity index (χ1v) is 7.01. The third kappa shape index (κ3) is 4.55. The highest BCUT2D eigenvalue weighted by molar-refractivity contribution is 5.78. The second-order valence-electron chi connectivity index (χ2n) is 4.78. The van der Waals surface area contributed by atoms with Crippen molar-refractivity contribution in [2.75, 3.05) is 6.61 Å². The van der Waals surface area contributed by atoms with E-state index in [1.807, 2.05) is 31.2 Å². The minimum Gasteiger partial charge on any atom is -0.494 e. The number of hydrogen-bond donors (Lipinski definition) is 1. The topological polar surface area (TPSA) is 38.3 Å². The zero-order chi connectivity index (χ0) is 15.9. The number of ether oxygens (including phenoxy) is 1. The van der Waals surface area contributed by atoms with Crippen LogP contribution in [-0.2, 0) is 17.8 Å². The van der Waals surface area contributed by atoms with Crippen LogP contribution in [0.3, 0.4) is 0 Å². The van der Waals surface area contributed by atoms with Crippen molar-refractivity contribution >= 4 is 5.91 Å². The number of benzene rings is 2. The summed E-state index contributed by atoms with van der Waals surface area (Å²) in [4.78, 5) is 11.8. The third-order valence-electron chi connectivity index (χ3n) is 3.07. The van der Waals surface area contributed by atoms with Crippen LogP contribution in [-0.4, -0.2) is 12.5 Å². The number of hydrogen-bond acceptors (Lipinski definition) is 2. The number of halogens is 2. The summed E-state index contributed by atoms with van der Waals surface area (Å²) in [6.45, 7) is 2.65. The van der Waals surface area contributed by atoms with E-state index in [0.29, 0.717) is 12.2 Å². The lowest BCUT2D eigenvalue weighted by molar-refractivity contribution is -0.120. The minimum absolute atomic E-state index is 0.160. The Balaban J connectivity index is 1.85. The highest BCUT2D eigenvalue weighted by Gasteiger charge is 2.06. The lowest BCUT2D eigenvalue weighted by Crippen LogP contribution is -2.24. The van der Waals surface area contributed by atoms with Gasteiger partial charge in [-0.2, -0.15) is 0 Å². The Kier molecular flexibility index (Phi) is 5.47. The first kappa shape index (κ1) is 15.9. The van der Waals surface area contributed by atoms with E-state index >= 15 is 0 Å². The molecule has 1 amide bonds. The molecule has 0 bridgehead atoms. The number of nitrogens with one attached hydrogen (secondary N) is 1. The second-order valence-corrected chi connectivity index (χ2v) is 4.78. The van der Waals surface area contributed by atoms with Gasteiger partial charge in [-0.05, 0) is 42.3 Å². The van der Waals surface area contributed by atoms with Crippen LogP contribution in [0.4, 0.5) is 8.78 Å². The minimum atomic E-state index is -0.918. The molecule has 0 radical (unpaired) electrons. The smallest absolute Gasteiger partial charge is 0.224 e. The molecule has 0 saturated heterocycles. The van der Waals surface area contributed by atoms with Gasteiger partial charge in [0.15, 0.2) is 11.6 Å². The Bertz CT molecular complexity index is 642. The Labute approximate surface area is 127 Å². The van der Waals surface area contributed by atoms with Crippen LogP contribution in [0.2, 0.25) is 0 Å². The van der Waals surface area contributed by atoms with E-state index in [0.717, 1.165) is 23.4 Å². The highest BCUT2D eigenvalue weighted by Crippen LogP contribution is 2.12. The molecule has 0 aromatic heterocycles. The molecular weight excluding hydrogens is 288 g/mol. The first-order valence-electron chi connectivity index (χ1n) is 7.01. The van der Waals surface area contributed by atoms with E-state index in [-0.39, 0.29) is 18.9 Å². The molecule has 0 fully saturated rings. The third-order valence-corrected chi connectivity index (χ3v) is 3.07. The van der Waals surface area contributed by atoms with Gasteiger partial charge in [0.1, 0.15) is 5.75 Å². The number of carbonyl (C=O) groups excluding carboxylic acids is 1. The quantitative estimate of drug-likeness (QED) is 0.890. The van der Waals surface area contributed by atoms with Crippen molar-refractivity contribution in [3.05, 3.63) is 65.2 Å². The van der Waals surface area contributed by atoms with Crippen LogP contribution in [0.5, 0.6) is 5.75 Å². The second kappa shape index (κ2) is 7.54. The summed E-state index contributed by atoms with van der Waals surface area (Å²) in [7, 11) is 0. The summed E-state index contributed by atoms with van der Waals surface area (Å²) in [5, 5.41) is 2.67. The number of carbonyl (C=O) groups is 1. The molecule has 2 aromatic rings. The standard InChI is InChI=1S/C17H17F2NO2/c1-2-22-14-6-3-12(4-7-14)10-17(21)20-11-13-5-8-15(18)16(19)9-13/h3-9H,2,10-11H2,1H3,(H,20,21). The molecule has 0 aliphatic carbocycles. The maximum Gasteiger partial charge on any atom is 0.224 e. The molecule has 0 aliphatic rings.